The molecule has 0 aliphatic heterocycles. The monoisotopic (exact) mass is 293 g/mol. The van der Waals surface area contributed by atoms with E-state index in [1.165, 1.54) is 24.9 Å². The Morgan fingerprint density at radius 3 is 2.50 bits per heavy atom. The maximum absolute atomic E-state index is 12.3. The molecule has 2 heterocycles. The van der Waals surface area contributed by atoms with E-state index in [9.17, 15) is 14.4 Å². The molecule has 0 fully saturated rings. The lowest BCUT2D eigenvalue weighted by molar-refractivity contribution is 0.415. The number of rotatable bonds is 3. The van der Waals surface area contributed by atoms with Crippen LogP contribution >= 0.6 is 11.8 Å². The highest BCUT2D eigenvalue weighted by atomic mass is 32.2. The van der Waals surface area contributed by atoms with Crippen molar-refractivity contribution in [1.82, 2.24) is 13.6 Å². The molecular formula is C12H11N3O4S. The molecule has 7 nitrogen and oxygen atoms in total. The molecule has 0 unspecified atom stereocenters. The van der Waals surface area contributed by atoms with Crippen molar-refractivity contribution in [3.63, 3.8) is 0 Å². The summed E-state index contributed by atoms with van der Waals surface area (Å²) < 4.78 is 8.06. The van der Waals surface area contributed by atoms with Gasteiger partial charge in [0.25, 0.3) is 5.56 Å². The Kier molecular flexibility index (Phi) is 2.82. The molecule has 3 rings (SSSR count). The Balaban J connectivity index is 2.54. The van der Waals surface area contributed by atoms with Crippen molar-refractivity contribution in [2.24, 2.45) is 0 Å². The number of hydrogen-bond donors (Lipinski definition) is 0. The molecule has 0 radical (unpaired) electrons. The van der Waals surface area contributed by atoms with Gasteiger partial charge < -0.3 is 4.74 Å². The van der Waals surface area contributed by atoms with Gasteiger partial charge in [-0.25, -0.2) is 14.2 Å². The highest BCUT2D eigenvalue weighted by Crippen LogP contribution is 2.16. The van der Waals surface area contributed by atoms with Crippen molar-refractivity contribution in [3.8, 4) is 5.75 Å². The summed E-state index contributed by atoms with van der Waals surface area (Å²) in [5, 5.41) is 0.287. The topological polar surface area (TPSA) is 74.2 Å². The quantitative estimate of drug-likeness (QED) is 0.671. The molecule has 0 saturated carbocycles. The van der Waals surface area contributed by atoms with Crippen LogP contribution in [0.25, 0.3) is 10.9 Å². The molecule has 104 valence electrons. The zero-order chi connectivity index (χ0) is 14.4. The summed E-state index contributed by atoms with van der Waals surface area (Å²) in [7, 11) is 1.49. The average Bonchev–Trinajstić information content (AvgIpc) is 2.88. The standard InChI is InChI=1S/C12H11N3O4S/c1-19-7-3-4-9-8(5-7)10(16)15-12(18)13(6-20-2)11(17)14(9)15/h3-5H,6H2,1-2H3. The minimum Gasteiger partial charge on any atom is -0.497 e. The van der Waals surface area contributed by atoms with Gasteiger partial charge in [-0.1, -0.05) is 0 Å². The van der Waals surface area contributed by atoms with E-state index < -0.39 is 16.9 Å². The van der Waals surface area contributed by atoms with E-state index in [-0.39, 0.29) is 11.3 Å². The summed E-state index contributed by atoms with van der Waals surface area (Å²) in [6.45, 7) is 0. The second kappa shape index (κ2) is 4.41. The number of nitrogens with zero attached hydrogens (tertiary/aromatic N) is 3. The lowest BCUT2D eigenvalue weighted by atomic mass is 10.2. The summed E-state index contributed by atoms with van der Waals surface area (Å²) in [5.74, 6) is 0.712. The second-order valence-electron chi connectivity index (χ2n) is 4.22. The van der Waals surface area contributed by atoms with Gasteiger partial charge in [-0.05, 0) is 24.5 Å². The third kappa shape index (κ3) is 1.51. The Morgan fingerprint density at radius 1 is 1.15 bits per heavy atom. The van der Waals surface area contributed by atoms with Gasteiger partial charge in [0.1, 0.15) is 5.75 Å². The van der Waals surface area contributed by atoms with E-state index >= 15 is 0 Å². The predicted molar refractivity (Wildman–Crippen MR) is 76.4 cm³/mol. The molecule has 0 saturated heterocycles. The van der Waals surface area contributed by atoms with Crippen LogP contribution in [0.1, 0.15) is 0 Å². The summed E-state index contributed by atoms with van der Waals surface area (Å²) in [4.78, 5) is 36.7. The molecule has 20 heavy (non-hydrogen) atoms. The summed E-state index contributed by atoms with van der Waals surface area (Å²) in [6, 6.07) is 4.76. The van der Waals surface area contributed by atoms with Crippen LogP contribution in [0, 0.1) is 0 Å². The molecule has 1 aromatic carbocycles. The number of thioether (sulfide) groups is 1. The Hall–Kier alpha value is -2.22. The van der Waals surface area contributed by atoms with Crippen molar-refractivity contribution in [3.05, 3.63) is 49.5 Å². The SMILES string of the molecule is COc1ccc2c(c1)c(=O)n1c(=O)n(CSC)c(=O)n21. The van der Waals surface area contributed by atoms with Gasteiger partial charge in [0.2, 0.25) is 0 Å². The molecule has 2 aromatic heterocycles. The van der Waals surface area contributed by atoms with Crippen LogP contribution in [0.3, 0.4) is 0 Å². The lowest BCUT2D eigenvalue weighted by Gasteiger charge is -1.97. The number of benzene rings is 1. The van der Waals surface area contributed by atoms with Crippen molar-refractivity contribution >= 4 is 22.7 Å². The Morgan fingerprint density at radius 2 is 1.85 bits per heavy atom. The van der Waals surface area contributed by atoms with Crippen molar-refractivity contribution < 1.29 is 4.74 Å². The second-order valence-corrected chi connectivity index (χ2v) is 5.06. The number of hydrogen-bond acceptors (Lipinski definition) is 5. The van der Waals surface area contributed by atoms with Crippen LogP contribution in [0.2, 0.25) is 0 Å². The van der Waals surface area contributed by atoms with Gasteiger partial charge in [0.15, 0.2) is 0 Å². The number of methoxy groups -OCH3 is 1. The molecule has 0 atom stereocenters. The minimum atomic E-state index is -0.621. The fourth-order valence-electron chi connectivity index (χ4n) is 2.22. The molecule has 0 spiro atoms. The van der Waals surface area contributed by atoms with E-state index in [1.807, 2.05) is 0 Å². The van der Waals surface area contributed by atoms with Crippen LogP contribution in [-0.4, -0.2) is 27.0 Å². The first-order valence-electron chi connectivity index (χ1n) is 5.77. The van der Waals surface area contributed by atoms with Crippen LogP contribution in [-0.2, 0) is 5.88 Å². The van der Waals surface area contributed by atoms with Crippen molar-refractivity contribution in [2.75, 3.05) is 13.4 Å². The maximum Gasteiger partial charge on any atom is 0.355 e. The largest absolute Gasteiger partial charge is 0.497 e. The molecule has 8 heteroatoms. The Bertz CT molecular complexity index is 969. The molecule has 0 bridgehead atoms. The number of fused-ring (bicyclic) bond motifs is 3. The number of aromatic nitrogens is 3. The third-order valence-corrected chi connectivity index (χ3v) is 3.65. The van der Waals surface area contributed by atoms with E-state index in [4.69, 9.17) is 4.74 Å². The van der Waals surface area contributed by atoms with Gasteiger partial charge in [0, 0.05) is 0 Å². The van der Waals surface area contributed by atoms with E-state index in [0.29, 0.717) is 11.3 Å². The van der Waals surface area contributed by atoms with Crippen molar-refractivity contribution in [2.45, 2.75) is 5.88 Å². The van der Waals surface area contributed by atoms with Crippen LogP contribution < -0.4 is 21.7 Å². The molecule has 0 amide bonds. The summed E-state index contributed by atoms with van der Waals surface area (Å²) >= 11 is 1.33. The van der Waals surface area contributed by atoms with E-state index in [1.54, 1.807) is 18.4 Å². The molecular weight excluding hydrogens is 282 g/mol. The molecule has 0 aliphatic carbocycles. The van der Waals surface area contributed by atoms with Gasteiger partial charge in [-0.3, -0.25) is 4.79 Å². The van der Waals surface area contributed by atoms with Gasteiger partial charge in [-0.2, -0.15) is 9.03 Å². The summed E-state index contributed by atoms with van der Waals surface area (Å²) in [5.41, 5.74) is -1.25. The number of ether oxygens (including phenoxy) is 1. The molecule has 0 N–H and O–H groups in total. The zero-order valence-electron chi connectivity index (χ0n) is 10.8. The van der Waals surface area contributed by atoms with E-state index in [0.717, 1.165) is 13.6 Å². The fourth-order valence-corrected chi connectivity index (χ4v) is 2.70. The summed E-state index contributed by atoms with van der Waals surface area (Å²) in [6.07, 6.45) is 1.78. The molecule has 0 aliphatic rings. The van der Waals surface area contributed by atoms with Gasteiger partial charge in [-0.15, -0.1) is 11.8 Å². The van der Waals surface area contributed by atoms with Gasteiger partial charge in [0.05, 0.1) is 23.9 Å². The van der Waals surface area contributed by atoms with Gasteiger partial charge >= 0.3 is 11.4 Å². The highest BCUT2D eigenvalue weighted by molar-refractivity contribution is 7.97. The molecule has 3 aromatic rings. The minimum absolute atomic E-state index is 0.212. The van der Waals surface area contributed by atoms with Crippen LogP contribution in [0.15, 0.2) is 32.6 Å². The first-order chi connectivity index (χ1) is 9.60. The van der Waals surface area contributed by atoms with Crippen LogP contribution in [0.5, 0.6) is 5.75 Å². The first kappa shape index (κ1) is 12.8. The smallest absolute Gasteiger partial charge is 0.355 e. The lowest BCUT2D eigenvalue weighted by Crippen LogP contribution is -2.29. The normalized spacial score (nSPS) is 11.5. The Labute approximate surface area is 116 Å². The van der Waals surface area contributed by atoms with Crippen LogP contribution in [0.4, 0.5) is 0 Å². The highest BCUT2D eigenvalue weighted by Gasteiger charge is 2.19. The maximum atomic E-state index is 12.3. The fraction of sp³-hybridized carbons (Fsp3) is 0.250. The van der Waals surface area contributed by atoms with E-state index in [2.05, 4.69) is 0 Å². The predicted octanol–water partition coefficient (Wildman–Crippen LogP) is -0.159. The van der Waals surface area contributed by atoms with Crippen molar-refractivity contribution in [1.29, 1.82) is 0 Å². The zero-order valence-corrected chi connectivity index (χ0v) is 11.6. The third-order valence-electron chi connectivity index (χ3n) is 3.14. The first-order valence-corrected chi connectivity index (χ1v) is 7.16. The average molecular weight is 293 g/mol.